The molecule has 0 aromatic heterocycles. The summed E-state index contributed by atoms with van der Waals surface area (Å²) in [5, 5.41) is 13.5. The maximum absolute atomic E-state index is 12.5. The summed E-state index contributed by atoms with van der Waals surface area (Å²) < 4.78 is 22.8. The van der Waals surface area contributed by atoms with Crippen molar-refractivity contribution in [3.05, 3.63) is 36.5 Å². The Morgan fingerprint density at radius 2 is 1.27 bits per heavy atom. The fourth-order valence-corrected chi connectivity index (χ4v) is 5.20. The number of amides is 1. The van der Waals surface area contributed by atoms with Gasteiger partial charge in [0.1, 0.15) is 13.2 Å². The van der Waals surface area contributed by atoms with Crippen LogP contribution in [0.5, 0.6) is 0 Å². The molecule has 258 valence electrons. The minimum atomic E-state index is -4.57. The number of aliphatic hydroxyl groups is 1. The second kappa shape index (κ2) is 28.0. The largest absolute Gasteiger partial charge is 0.756 e. The average Bonchev–Trinajstić information content (AvgIpc) is 2.96. The fraction of sp³-hybridized carbons (Fsp3) is 0.800. The molecule has 0 rings (SSSR count). The van der Waals surface area contributed by atoms with Gasteiger partial charge in [-0.15, -0.1) is 0 Å². The first-order valence-electron chi connectivity index (χ1n) is 17.4. The van der Waals surface area contributed by atoms with E-state index in [1.165, 1.54) is 57.8 Å². The van der Waals surface area contributed by atoms with Crippen molar-refractivity contribution in [2.24, 2.45) is 0 Å². The lowest BCUT2D eigenvalue weighted by Gasteiger charge is -2.29. The summed E-state index contributed by atoms with van der Waals surface area (Å²) in [4.78, 5) is 24.7. The number of nitrogens with zero attached hydrogens (tertiary/aromatic N) is 1. The lowest BCUT2D eigenvalue weighted by atomic mass is 10.1. The van der Waals surface area contributed by atoms with Crippen molar-refractivity contribution in [2.45, 2.75) is 142 Å². The summed E-state index contributed by atoms with van der Waals surface area (Å²) in [7, 11) is 1.22. The van der Waals surface area contributed by atoms with Crippen molar-refractivity contribution in [3.8, 4) is 0 Å². The predicted octanol–water partition coefficient (Wildman–Crippen LogP) is 7.77. The van der Waals surface area contributed by atoms with Gasteiger partial charge in [0, 0.05) is 6.42 Å². The van der Waals surface area contributed by atoms with Gasteiger partial charge in [-0.3, -0.25) is 9.36 Å². The SMILES string of the molecule is CCCCCCCCCC/C=C/CC/C=C/CC/C=C/C(O)C(COP(=O)([O-])OCC[N+](C)(C)C)NC(=O)CCCCCC. The highest BCUT2D eigenvalue weighted by Crippen LogP contribution is 2.38. The Bertz CT molecular complexity index is 825. The minimum absolute atomic E-state index is 0.00962. The van der Waals surface area contributed by atoms with Crippen LogP contribution < -0.4 is 10.2 Å². The van der Waals surface area contributed by atoms with Crippen LogP contribution in [0.2, 0.25) is 0 Å². The van der Waals surface area contributed by atoms with E-state index in [4.69, 9.17) is 9.05 Å². The van der Waals surface area contributed by atoms with Crippen molar-refractivity contribution in [3.63, 3.8) is 0 Å². The lowest BCUT2D eigenvalue weighted by molar-refractivity contribution is -0.870. The Morgan fingerprint density at radius 1 is 0.773 bits per heavy atom. The Kier molecular flexibility index (Phi) is 27.2. The maximum atomic E-state index is 12.5. The van der Waals surface area contributed by atoms with Crippen molar-refractivity contribution >= 4 is 13.7 Å². The van der Waals surface area contributed by atoms with Gasteiger partial charge in [-0.05, 0) is 44.9 Å². The van der Waals surface area contributed by atoms with Crippen LogP contribution in [0, 0.1) is 0 Å². The summed E-state index contributed by atoms with van der Waals surface area (Å²) >= 11 is 0. The van der Waals surface area contributed by atoms with E-state index >= 15 is 0 Å². The second-order valence-corrected chi connectivity index (χ2v) is 14.3. The number of phosphoric ester groups is 1. The molecule has 9 heteroatoms. The highest BCUT2D eigenvalue weighted by atomic mass is 31.2. The van der Waals surface area contributed by atoms with E-state index in [1.54, 1.807) is 6.08 Å². The van der Waals surface area contributed by atoms with Crippen LogP contribution in [-0.4, -0.2) is 68.5 Å². The third-order valence-corrected chi connectivity index (χ3v) is 8.29. The van der Waals surface area contributed by atoms with Gasteiger partial charge in [0.2, 0.25) is 5.91 Å². The van der Waals surface area contributed by atoms with Gasteiger partial charge < -0.3 is 28.8 Å². The molecule has 3 unspecified atom stereocenters. The molecule has 0 radical (unpaired) electrons. The van der Waals surface area contributed by atoms with Crippen LogP contribution >= 0.6 is 7.82 Å². The van der Waals surface area contributed by atoms with Gasteiger partial charge in [0.25, 0.3) is 7.82 Å². The number of hydrogen-bond donors (Lipinski definition) is 2. The van der Waals surface area contributed by atoms with Gasteiger partial charge in [0.05, 0.1) is 39.9 Å². The Balaban J connectivity index is 4.47. The molecular formula is C35H67N2O6P. The first kappa shape index (κ1) is 42.7. The lowest BCUT2D eigenvalue weighted by Crippen LogP contribution is -2.45. The standard InChI is InChI=1S/C35H67N2O6P/c1-6-8-10-12-13-14-15-16-17-18-19-20-21-22-23-24-25-26-28-34(38)33(36-35(39)29-27-11-9-7-2)32-43-44(40,41)42-31-30-37(3,4)5/h18-19,22-23,26,28,33-34,38H,6-17,20-21,24-25,27,29-32H2,1-5H3,(H-,36,39,40,41)/b19-18+,23-22+,28-26+. The molecule has 0 saturated carbocycles. The summed E-state index contributed by atoms with van der Waals surface area (Å²) in [5.41, 5.74) is 0. The van der Waals surface area contributed by atoms with Gasteiger partial charge >= 0.3 is 0 Å². The van der Waals surface area contributed by atoms with E-state index in [-0.39, 0.29) is 12.5 Å². The first-order valence-corrected chi connectivity index (χ1v) is 18.8. The molecule has 0 aliphatic carbocycles. The Morgan fingerprint density at radius 3 is 1.84 bits per heavy atom. The topological polar surface area (TPSA) is 108 Å². The zero-order valence-corrected chi connectivity index (χ0v) is 29.7. The second-order valence-electron chi connectivity index (χ2n) is 12.9. The molecule has 0 heterocycles. The number of hydrogen-bond acceptors (Lipinski definition) is 6. The fourth-order valence-electron chi connectivity index (χ4n) is 4.47. The summed E-state index contributed by atoms with van der Waals surface area (Å²) in [5.74, 6) is -0.233. The van der Waals surface area contributed by atoms with Crippen LogP contribution in [-0.2, 0) is 18.4 Å². The number of quaternary nitrogens is 1. The molecule has 0 aromatic rings. The van der Waals surface area contributed by atoms with E-state index in [0.29, 0.717) is 17.4 Å². The Hall–Kier alpha value is -1.28. The summed E-state index contributed by atoms with van der Waals surface area (Å²) in [6, 6.07) is -0.901. The number of carbonyl (C=O) groups excluding carboxylic acids is 1. The smallest absolute Gasteiger partial charge is 0.268 e. The van der Waals surface area contributed by atoms with Crippen LogP contribution in [0.25, 0.3) is 0 Å². The number of carbonyl (C=O) groups is 1. The molecule has 0 aliphatic heterocycles. The van der Waals surface area contributed by atoms with Crippen LogP contribution in [0.1, 0.15) is 129 Å². The van der Waals surface area contributed by atoms with Crippen molar-refractivity contribution < 1.29 is 32.9 Å². The number of nitrogens with one attached hydrogen (secondary N) is 1. The molecule has 44 heavy (non-hydrogen) atoms. The van der Waals surface area contributed by atoms with E-state index in [2.05, 4.69) is 43.5 Å². The van der Waals surface area contributed by atoms with Crippen molar-refractivity contribution in [1.82, 2.24) is 5.32 Å². The van der Waals surface area contributed by atoms with Crippen molar-refractivity contribution in [1.29, 1.82) is 0 Å². The third kappa shape index (κ3) is 29.4. The van der Waals surface area contributed by atoms with Gasteiger partial charge in [-0.2, -0.15) is 0 Å². The number of likely N-dealkylation sites (N-methyl/N-ethyl adjacent to an activating group) is 1. The number of phosphoric acid groups is 1. The molecule has 0 saturated heterocycles. The highest BCUT2D eigenvalue weighted by molar-refractivity contribution is 7.45. The van der Waals surface area contributed by atoms with Gasteiger partial charge in [-0.25, -0.2) is 0 Å². The minimum Gasteiger partial charge on any atom is -0.756 e. The third-order valence-electron chi connectivity index (χ3n) is 7.33. The molecule has 0 spiro atoms. The number of rotatable bonds is 30. The predicted molar refractivity (Wildman–Crippen MR) is 182 cm³/mol. The average molecular weight is 643 g/mol. The molecule has 3 atom stereocenters. The van der Waals surface area contributed by atoms with Crippen molar-refractivity contribution in [2.75, 3.05) is 40.9 Å². The molecule has 1 amide bonds. The zero-order valence-electron chi connectivity index (χ0n) is 28.9. The summed E-state index contributed by atoms with van der Waals surface area (Å²) in [6.07, 6.45) is 31.0. The van der Waals surface area contributed by atoms with Crippen LogP contribution in [0.3, 0.4) is 0 Å². The van der Waals surface area contributed by atoms with E-state index in [1.807, 2.05) is 27.2 Å². The van der Waals surface area contributed by atoms with Gasteiger partial charge in [0.15, 0.2) is 0 Å². The molecule has 0 bridgehead atoms. The molecule has 0 aromatic carbocycles. The first-order chi connectivity index (χ1) is 21.0. The van der Waals surface area contributed by atoms with Crippen LogP contribution in [0.15, 0.2) is 36.5 Å². The van der Waals surface area contributed by atoms with E-state index in [9.17, 15) is 19.4 Å². The summed E-state index contributed by atoms with van der Waals surface area (Å²) in [6.45, 7) is 4.44. The number of unbranched alkanes of at least 4 members (excludes halogenated alkanes) is 13. The Labute approximate surface area is 270 Å². The van der Waals surface area contributed by atoms with Crippen LogP contribution in [0.4, 0.5) is 0 Å². The monoisotopic (exact) mass is 642 g/mol. The highest BCUT2D eigenvalue weighted by Gasteiger charge is 2.23. The molecule has 0 aliphatic rings. The normalized spacial score (nSPS) is 15.3. The maximum Gasteiger partial charge on any atom is 0.268 e. The quantitative estimate of drug-likeness (QED) is 0.0359. The molecule has 0 fully saturated rings. The number of allylic oxidation sites excluding steroid dienone is 5. The molecule has 2 N–H and O–H groups in total. The molecule has 8 nitrogen and oxygen atoms in total. The van der Waals surface area contributed by atoms with E-state index < -0.39 is 26.6 Å². The number of aliphatic hydroxyl groups excluding tert-OH is 1. The van der Waals surface area contributed by atoms with E-state index in [0.717, 1.165) is 51.4 Å². The molecular weight excluding hydrogens is 575 g/mol. The van der Waals surface area contributed by atoms with Gasteiger partial charge in [-0.1, -0.05) is 115 Å². The zero-order chi connectivity index (χ0) is 32.9.